The Morgan fingerprint density at radius 1 is 1.22 bits per heavy atom. The molecule has 0 radical (unpaired) electrons. The normalized spacial score (nSPS) is 15.3. The SMILES string of the molecule is ICc1cnc2[nH]cc(-c3cccc(NC4CCCC4)n3)c2n1. The van der Waals surface area contributed by atoms with Gasteiger partial charge < -0.3 is 10.3 Å². The number of fused-ring (bicyclic) bond motifs is 1. The summed E-state index contributed by atoms with van der Waals surface area (Å²) < 4.78 is 0.849. The van der Waals surface area contributed by atoms with Crippen LogP contribution in [0, 0.1) is 0 Å². The lowest BCUT2D eigenvalue weighted by molar-refractivity contribution is 0.751. The predicted molar refractivity (Wildman–Crippen MR) is 101 cm³/mol. The Morgan fingerprint density at radius 3 is 2.91 bits per heavy atom. The highest BCUT2D eigenvalue weighted by atomic mass is 127. The number of aromatic nitrogens is 4. The Balaban J connectivity index is 1.69. The largest absolute Gasteiger partial charge is 0.367 e. The van der Waals surface area contributed by atoms with E-state index in [9.17, 15) is 0 Å². The number of nitrogens with one attached hydrogen (secondary N) is 2. The number of pyridine rings is 1. The summed E-state index contributed by atoms with van der Waals surface area (Å²) in [6.07, 6.45) is 8.87. The molecule has 23 heavy (non-hydrogen) atoms. The third-order valence-corrected chi connectivity index (χ3v) is 5.08. The molecule has 1 saturated carbocycles. The lowest BCUT2D eigenvalue weighted by Crippen LogP contribution is -2.15. The molecule has 3 aromatic heterocycles. The second-order valence-corrected chi connectivity index (χ2v) is 6.69. The topological polar surface area (TPSA) is 66.5 Å². The summed E-state index contributed by atoms with van der Waals surface area (Å²) in [5.41, 5.74) is 4.63. The smallest absolute Gasteiger partial charge is 0.156 e. The summed E-state index contributed by atoms with van der Waals surface area (Å²) in [6.45, 7) is 0. The van der Waals surface area contributed by atoms with Gasteiger partial charge in [0.05, 0.1) is 17.6 Å². The minimum Gasteiger partial charge on any atom is -0.367 e. The average molecular weight is 419 g/mol. The number of rotatable bonds is 4. The molecule has 6 heteroatoms. The Bertz CT molecular complexity index is 823. The number of H-pyrrole nitrogens is 1. The van der Waals surface area contributed by atoms with Crippen LogP contribution < -0.4 is 5.32 Å². The van der Waals surface area contributed by atoms with E-state index in [1.54, 1.807) is 0 Å². The third kappa shape index (κ3) is 3.04. The van der Waals surface area contributed by atoms with Crippen LogP contribution in [0.1, 0.15) is 31.4 Å². The molecule has 2 N–H and O–H groups in total. The molecular weight excluding hydrogens is 401 g/mol. The Labute approximate surface area is 148 Å². The molecule has 0 amide bonds. The molecule has 0 unspecified atom stereocenters. The Morgan fingerprint density at radius 2 is 2.09 bits per heavy atom. The molecule has 118 valence electrons. The van der Waals surface area contributed by atoms with Crippen LogP contribution in [0.5, 0.6) is 0 Å². The van der Waals surface area contributed by atoms with E-state index in [2.05, 4.69) is 37.9 Å². The molecule has 3 heterocycles. The maximum Gasteiger partial charge on any atom is 0.156 e. The lowest BCUT2D eigenvalue weighted by Gasteiger charge is -2.13. The van der Waals surface area contributed by atoms with Gasteiger partial charge >= 0.3 is 0 Å². The number of anilines is 1. The van der Waals surface area contributed by atoms with Crippen LogP contribution in [0.15, 0.2) is 30.6 Å². The van der Waals surface area contributed by atoms with Crippen LogP contribution >= 0.6 is 22.6 Å². The number of hydrogen-bond acceptors (Lipinski definition) is 4. The summed E-state index contributed by atoms with van der Waals surface area (Å²) in [5.74, 6) is 0.946. The highest BCUT2D eigenvalue weighted by molar-refractivity contribution is 14.1. The van der Waals surface area contributed by atoms with Gasteiger partial charge in [-0.1, -0.05) is 41.5 Å². The highest BCUT2D eigenvalue weighted by Gasteiger charge is 2.16. The first-order valence-electron chi connectivity index (χ1n) is 7.96. The van der Waals surface area contributed by atoms with Crippen LogP contribution in [0.3, 0.4) is 0 Å². The number of alkyl halides is 1. The molecule has 1 fully saturated rings. The second-order valence-electron chi connectivity index (χ2n) is 5.93. The second kappa shape index (κ2) is 6.43. The number of halogens is 1. The van der Waals surface area contributed by atoms with Crippen molar-refractivity contribution in [1.29, 1.82) is 0 Å². The van der Waals surface area contributed by atoms with Gasteiger partial charge in [0, 0.05) is 22.2 Å². The number of aromatic amines is 1. The van der Waals surface area contributed by atoms with E-state index in [1.807, 2.05) is 30.6 Å². The van der Waals surface area contributed by atoms with Gasteiger partial charge in [0.15, 0.2) is 5.65 Å². The molecule has 0 spiro atoms. The molecule has 5 nitrogen and oxygen atoms in total. The van der Waals surface area contributed by atoms with E-state index >= 15 is 0 Å². The van der Waals surface area contributed by atoms with Crippen molar-refractivity contribution in [1.82, 2.24) is 19.9 Å². The monoisotopic (exact) mass is 419 g/mol. The molecular formula is C17H18IN5. The van der Waals surface area contributed by atoms with Crippen LogP contribution in [0.4, 0.5) is 5.82 Å². The molecule has 0 aliphatic heterocycles. The predicted octanol–water partition coefficient (Wildman–Crippen LogP) is 4.31. The molecule has 1 aliphatic rings. The fourth-order valence-electron chi connectivity index (χ4n) is 3.13. The van der Waals surface area contributed by atoms with E-state index in [1.165, 1.54) is 25.7 Å². The zero-order valence-corrected chi connectivity index (χ0v) is 14.9. The summed E-state index contributed by atoms with van der Waals surface area (Å²) >= 11 is 2.30. The van der Waals surface area contributed by atoms with Crippen LogP contribution in [-0.4, -0.2) is 26.0 Å². The zero-order chi connectivity index (χ0) is 15.6. The maximum atomic E-state index is 4.78. The fraction of sp³-hybridized carbons (Fsp3) is 0.353. The van der Waals surface area contributed by atoms with Crippen molar-refractivity contribution in [2.24, 2.45) is 0 Å². The van der Waals surface area contributed by atoms with Crippen LogP contribution in [0.2, 0.25) is 0 Å². The average Bonchev–Trinajstić information content (AvgIpc) is 3.23. The van der Waals surface area contributed by atoms with E-state index < -0.39 is 0 Å². The van der Waals surface area contributed by atoms with E-state index in [4.69, 9.17) is 9.97 Å². The molecule has 0 saturated heterocycles. The van der Waals surface area contributed by atoms with Crippen molar-refractivity contribution in [2.45, 2.75) is 36.2 Å². The first-order chi connectivity index (χ1) is 11.3. The van der Waals surface area contributed by atoms with Crippen molar-refractivity contribution in [3.63, 3.8) is 0 Å². The van der Waals surface area contributed by atoms with E-state index in [-0.39, 0.29) is 0 Å². The van der Waals surface area contributed by atoms with Crippen molar-refractivity contribution in [3.05, 3.63) is 36.3 Å². The van der Waals surface area contributed by atoms with Crippen molar-refractivity contribution < 1.29 is 0 Å². The van der Waals surface area contributed by atoms with Gasteiger partial charge in [-0.2, -0.15) is 0 Å². The van der Waals surface area contributed by atoms with Gasteiger partial charge in [0.2, 0.25) is 0 Å². The van der Waals surface area contributed by atoms with Gasteiger partial charge in [-0.3, -0.25) is 0 Å². The fourth-order valence-corrected chi connectivity index (χ4v) is 3.50. The summed E-state index contributed by atoms with van der Waals surface area (Å²) in [7, 11) is 0. The maximum absolute atomic E-state index is 4.78. The molecule has 0 bridgehead atoms. The first kappa shape index (κ1) is 14.9. The lowest BCUT2D eigenvalue weighted by atomic mass is 10.2. The standard InChI is InChI=1S/C17H18IN5/c18-8-12-9-19-17-16(22-12)13(10-20-17)14-6-3-7-15(23-14)21-11-4-1-2-5-11/h3,6-7,9-11H,1-2,4-5,8H2,(H,19,20)(H,21,23). The van der Waals surface area contributed by atoms with Gasteiger partial charge in [-0.15, -0.1) is 0 Å². The van der Waals surface area contributed by atoms with Crippen LogP contribution in [0.25, 0.3) is 22.4 Å². The molecule has 0 atom stereocenters. The van der Waals surface area contributed by atoms with Gasteiger partial charge in [0.25, 0.3) is 0 Å². The minimum atomic E-state index is 0.561. The van der Waals surface area contributed by atoms with Gasteiger partial charge in [-0.05, 0) is 25.0 Å². The van der Waals surface area contributed by atoms with E-state index in [0.717, 1.165) is 38.4 Å². The van der Waals surface area contributed by atoms with Crippen LogP contribution in [-0.2, 0) is 4.43 Å². The van der Waals surface area contributed by atoms with Crippen molar-refractivity contribution >= 4 is 39.6 Å². The third-order valence-electron chi connectivity index (χ3n) is 4.30. The quantitative estimate of drug-likeness (QED) is 0.489. The molecule has 0 aromatic carbocycles. The van der Waals surface area contributed by atoms with Gasteiger partial charge in [0.1, 0.15) is 11.3 Å². The van der Waals surface area contributed by atoms with Crippen molar-refractivity contribution in [2.75, 3.05) is 5.32 Å². The van der Waals surface area contributed by atoms with E-state index in [0.29, 0.717) is 6.04 Å². The number of nitrogens with zero attached hydrogens (tertiary/aromatic N) is 3. The van der Waals surface area contributed by atoms with Gasteiger partial charge in [-0.25, -0.2) is 15.0 Å². The summed E-state index contributed by atoms with van der Waals surface area (Å²) in [6, 6.07) is 6.68. The Hall–Kier alpha value is -1.70. The van der Waals surface area contributed by atoms with Crippen molar-refractivity contribution in [3.8, 4) is 11.3 Å². The molecule has 4 rings (SSSR count). The minimum absolute atomic E-state index is 0.561. The molecule has 3 aromatic rings. The summed E-state index contributed by atoms with van der Waals surface area (Å²) in [5, 5.41) is 3.56. The Kier molecular flexibility index (Phi) is 4.15. The first-order valence-corrected chi connectivity index (χ1v) is 9.49. The summed E-state index contributed by atoms with van der Waals surface area (Å²) in [4.78, 5) is 17.1. The zero-order valence-electron chi connectivity index (χ0n) is 12.7. The molecule has 1 aliphatic carbocycles. The highest BCUT2D eigenvalue weighted by Crippen LogP contribution is 2.27. The number of hydrogen-bond donors (Lipinski definition) is 2.